The van der Waals surface area contributed by atoms with E-state index in [2.05, 4.69) is 9.88 Å². The molecule has 0 aliphatic carbocycles. The van der Waals surface area contributed by atoms with Crippen LogP contribution in [0.15, 0.2) is 18.3 Å². The molecule has 2 aliphatic heterocycles. The van der Waals surface area contributed by atoms with Crippen LogP contribution in [0.3, 0.4) is 0 Å². The zero-order valence-electron chi connectivity index (χ0n) is 8.30. The van der Waals surface area contributed by atoms with E-state index in [1.807, 2.05) is 12.1 Å². The number of fused-ring (bicyclic) bond motifs is 2. The molecule has 0 N–H and O–H groups in total. The first-order chi connectivity index (χ1) is 7.36. The molecule has 0 amide bonds. The lowest BCUT2D eigenvalue weighted by Gasteiger charge is -2.27. The fraction of sp³-hybridized carbons (Fsp3) is 0.455. The lowest BCUT2D eigenvalue weighted by atomic mass is 10.2. The van der Waals surface area contributed by atoms with Crippen molar-refractivity contribution in [1.29, 1.82) is 0 Å². The summed E-state index contributed by atoms with van der Waals surface area (Å²) in [5.41, 5.74) is 0.624. The quantitative estimate of drug-likeness (QED) is 0.670. The third-order valence-electron chi connectivity index (χ3n) is 3.10. The highest BCUT2D eigenvalue weighted by Crippen LogP contribution is 2.31. The van der Waals surface area contributed by atoms with Crippen molar-refractivity contribution < 1.29 is 9.53 Å². The summed E-state index contributed by atoms with van der Waals surface area (Å²) in [7, 11) is 0. The molecule has 15 heavy (non-hydrogen) atoms. The Balaban J connectivity index is 1.84. The number of aromatic nitrogens is 1. The number of ether oxygens (including phenoxy) is 1. The van der Waals surface area contributed by atoms with Gasteiger partial charge in [-0.05, 0) is 18.6 Å². The summed E-state index contributed by atoms with van der Waals surface area (Å²) in [4.78, 5) is 17.0. The molecule has 1 aromatic rings. The van der Waals surface area contributed by atoms with E-state index < -0.39 is 0 Å². The van der Waals surface area contributed by atoms with E-state index in [0.717, 1.165) is 31.7 Å². The number of carbonyl (C=O) groups excluding carboxylic acids is 1. The minimum absolute atomic E-state index is 0.377. The minimum atomic E-state index is 0.377. The van der Waals surface area contributed by atoms with E-state index in [4.69, 9.17) is 4.74 Å². The molecule has 1 aromatic heterocycles. The molecule has 2 unspecified atom stereocenters. The van der Waals surface area contributed by atoms with Crippen LogP contribution in [0.5, 0.6) is 0 Å². The number of nitrogens with zero attached hydrogens (tertiary/aromatic N) is 2. The van der Waals surface area contributed by atoms with Gasteiger partial charge in [0.25, 0.3) is 0 Å². The monoisotopic (exact) mass is 204 g/mol. The molecule has 4 heteroatoms. The van der Waals surface area contributed by atoms with E-state index in [0.29, 0.717) is 17.7 Å². The van der Waals surface area contributed by atoms with E-state index in [-0.39, 0.29) is 0 Å². The molecule has 2 fully saturated rings. The number of aldehydes is 1. The molecular formula is C11H12N2O2. The van der Waals surface area contributed by atoms with E-state index in [1.54, 1.807) is 6.20 Å². The van der Waals surface area contributed by atoms with Crippen LogP contribution in [0.4, 0.5) is 5.82 Å². The predicted octanol–water partition coefficient (Wildman–Crippen LogP) is 0.872. The Bertz CT molecular complexity index is 377. The zero-order valence-corrected chi connectivity index (χ0v) is 8.30. The Morgan fingerprint density at radius 3 is 3.00 bits per heavy atom. The lowest BCUT2D eigenvalue weighted by molar-refractivity contribution is 0.0988. The minimum Gasteiger partial charge on any atom is -0.374 e. The third-order valence-corrected chi connectivity index (χ3v) is 3.10. The van der Waals surface area contributed by atoms with Crippen LogP contribution in [0.1, 0.15) is 16.8 Å². The van der Waals surface area contributed by atoms with E-state index in [1.165, 1.54) is 0 Å². The highest BCUT2D eigenvalue weighted by molar-refractivity contribution is 5.74. The Morgan fingerprint density at radius 1 is 1.53 bits per heavy atom. The second kappa shape index (κ2) is 3.31. The Hall–Kier alpha value is -1.42. The van der Waals surface area contributed by atoms with Crippen molar-refractivity contribution in [2.75, 3.05) is 18.1 Å². The number of pyridine rings is 1. The number of morpholine rings is 1. The van der Waals surface area contributed by atoms with E-state index in [9.17, 15) is 4.79 Å². The maximum absolute atomic E-state index is 10.5. The fourth-order valence-electron chi connectivity index (χ4n) is 2.32. The summed E-state index contributed by atoms with van der Waals surface area (Å²) in [6, 6.07) is 4.19. The SMILES string of the molecule is O=Cc1ccc(N2CC3CC2CO3)nc1. The van der Waals surface area contributed by atoms with Crippen molar-refractivity contribution >= 4 is 12.1 Å². The molecule has 3 heterocycles. The molecule has 2 bridgehead atoms. The van der Waals surface area contributed by atoms with Crippen LogP contribution in [0, 0.1) is 0 Å². The summed E-state index contributed by atoms with van der Waals surface area (Å²) in [6.07, 6.45) is 3.92. The van der Waals surface area contributed by atoms with Crippen LogP contribution in [-0.2, 0) is 4.74 Å². The average molecular weight is 204 g/mol. The first kappa shape index (κ1) is 8.85. The fourth-order valence-corrected chi connectivity index (χ4v) is 2.32. The van der Waals surface area contributed by atoms with E-state index >= 15 is 0 Å². The van der Waals surface area contributed by atoms with Gasteiger partial charge in [0.1, 0.15) is 5.82 Å². The molecule has 78 valence electrons. The van der Waals surface area contributed by atoms with Gasteiger partial charge in [-0.25, -0.2) is 4.98 Å². The number of rotatable bonds is 2. The normalized spacial score (nSPS) is 28.4. The van der Waals surface area contributed by atoms with Crippen molar-refractivity contribution in [2.24, 2.45) is 0 Å². The molecule has 3 rings (SSSR count). The summed E-state index contributed by atoms with van der Waals surface area (Å²) in [5, 5.41) is 0. The second-order valence-electron chi connectivity index (χ2n) is 4.06. The predicted molar refractivity (Wildman–Crippen MR) is 55.1 cm³/mol. The molecule has 2 saturated heterocycles. The van der Waals surface area contributed by atoms with Crippen LogP contribution in [0.25, 0.3) is 0 Å². The highest BCUT2D eigenvalue weighted by Gasteiger charge is 2.39. The van der Waals surface area contributed by atoms with Gasteiger partial charge in [-0.3, -0.25) is 4.79 Å². The summed E-state index contributed by atoms with van der Waals surface area (Å²) < 4.78 is 5.52. The molecule has 4 nitrogen and oxygen atoms in total. The van der Waals surface area contributed by atoms with Gasteiger partial charge in [0.15, 0.2) is 6.29 Å². The number of anilines is 1. The van der Waals surface area contributed by atoms with Crippen molar-refractivity contribution in [1.82, 2.24) is 4.98 Å². The van der Waals surface area contributed by atoms with Crippen molar-refractivity contribution in [3.63, 3.8) is 0 Å². The van der Waals surface area contributed by atoms with Crippen molar-refractivity contribution in [3.05, 3.63) is 23.9 Å². The van der Waals surface area contributed by atoms with Crippen LogP contribution >= 0.6 is 0 Å². The van der Waals surface area contributed by atoms with Crippen LogP contribution in [-0.4, -0.2) is 36.6 Å². The molecular weight excluding hydrogens is 192 g/mol. The van der Waals surface area contributed by atoms with Gasteiger partial charge in [-0.2, -0.15) is 0 Å². The standard InChI is InChI=1S/C11H12N2O2/c14-6-8-1-2-11(12-4-8)13-5-10-3-9(13)7-15-10/h1-2,4,6,9-10H,3,5,7H2. The molecule has 0 radical (unpaired) electrons. The van der Waals surface area contributed by atoms with Gasteiger partial charge in [0, 0.05) is 18.3 Å². The lowest BCUT2D eigenvalue weighted by Crippen LogP contribution is -2.37. The van der Waals surface area contributed by atoms with Gasteiger partial charge < -0.3 is 9.64 Å². The van der Waals surface area contributed by atoms with Gasteiger partial charge in [-0.15, -0.1) is 0 Å². The largest absolute Gasteiger partial charge is 0.374 e. The Kier molecular flexibility index (Phi) is 1.95. The van der Waals surface area contributed by atoms with Gasteiger partial charge in [-0.1, -0.05) is 0 Å². The second-order valence-corrected chi connectivity index (χ2v) is 4.06. The Morgan fingerprint density at radius 2 is 2.47 bits per heavy atom. The highest BCUT2D eigenvalue weighted by atomic mass is 16.5. The maximum atomic E-state index is 10.5. The maximum Gasteiger partial charge on any atom is 0.151 e. The van der Waals surface area contributed by atoms with Crippen LogP contribution in [0.2, 0.25) is 0 Å². The summed E-state index contributed by atoms with van der Waals surface area (Å²) in [6.45, 7) is 1.74. The summed E-state index contributed by atoms with van der Waals surface area (Å²) in [5.74, 6) is 0.955. The van der Waals surface area contributed by atoms with Gasteiger partial charge in [0.2, 0.25) is 0 Å². The molecule has 2 aliphatic rings. The molecule has 0 aromatic carbocycles. The van der Waals surface area contributed by atoms with Crippen molar-refractivity contribution in [3.8, 4) is 0 Å². The van der Waals surface area contributed by atoms with Gasteiger partial charge in [0.05, 0.1) is 18.8 Å². The van der Waals surface area contributed by atoms with Crippen LogP contribution < -0.4 is 4.90 Å². The first-order valence-electron chi connectivity index (χ1n) is 5.16. The topological polar surface area (TPSA) is 42.4 Å². The third kappa shape index (κ3) is 1.41. The number of hydrogen-bond donors (Lipinski definition) is 0. The molecule has 2 atom stereocenters. The first-order valence-corrected chi connectivity index (χ1v) is 5.16. The number of hydrogen-bond acceptors (Lipinski definition) is 4. The molecule has 0 spiro atoms. The molecule has 0 saturated carbocycles. The smallest absolute Gasteiger partial charge is 0.151 e. The zero-order chi connectivity index (χ0) is 10.3. The number of carbonyl (C=O) groups is 1. The summed E-state index contributed by atoms with van der Waals surface area (Å²) >= 11 is 0. The Labute approximate surface area is 87.9 Å². The average Bonchev–Trinajstić information content (AvgIpc) is 2.91. The van der Waals surface area contributed by atoms with Crippen molar-refractivity contribution in [2.45, 2.75) is 18.6 Å². The van der Waals surface area contributed by atoms with Gasteiger partial charge >= 0.3 is 0 Å².